The van der Waals surface area contributed by atoms with Gasteiger partial charge in [-0.05, 0) is 38.5 Å². The topological polar surface area (TPSA) is 88.2 Å². The number of esters is 1. The molecule has 0 saturated carbocycles. The largest absolute Gasteiger partial charge is 0.466 e. The lowest BCUT2D eigenvalue weighted by Gasteiger charge is -2.46. The molecule has 154 valence electrons. The molecule has 2 rings (SSSR count). The molecule has 2 heterocycles. The first-order valence-corrected chi connectivity index (χ1v) is 9.88. The van der Waals surface area contributed by atoms with Crippen LogP contribution in [0, 0.1) is 5.92 Å². The minimum atomic E-state index is -0.302. The first-order valence-electron chi connectivity index (χ1n) is 9.88. The summed E-state index contributed by atoms with van der Waals surface area (Å²) in [5.41, 5.74) is -0.211. The molecule has 0 aliphatic carbocycles. The zero-order valence-electron chi connectivity index (χ0n) is 16.8. The van der Waals surface area contributed by atoms with Gasteiger partial charge in [0.15, 0.2) is 0 Å². The van der Waals surface area contributed by atoms with Gasteiger partial charge in [0, 0.05) is 46.8 Å². The number of carbonyl (C=O) groups excluding carboxylic acids is 3. The molecule has 0 bridgehead atoms. The lowest BCUT2D eigenvalue weighted by atomic mass is 9.78. The van der Waals surface area contributed by atoms with Gasteiger partial charge in [-0.15, -0.1) is 0 Å². The summed E-state index contributed by atoms with van der Waals surface area (Å²) in [5, 5.41) is 2.78. The molecule has 1 spiro atoms. The molecule has 8 nitrogen and oxygen atoms in total. The molecular weight excluding hydrogens is 350 g/mol. The van der Waals surface area contributed by atoms with E-state index in [1.54, 1.807) is 30.8 Å². The van der Waals surface area contributed by atoms with E-state index in [4.69, 9.17) is 9.47 Å². The predicted molar refractivity (Wildman–Crippen MR) is 100 cm³/mol. The highest BCUT2D eigenvalue weighted by atomic mass is 16.5. The Balaban J connectivity index is 1.75. The lowest BCUT2D eigenvalue weighted by molar-refractivity contribution is -0.143. The highest BCUT2D eigenvalue weighted by Gasteiger charge is 2.41. The number of ether oxygens (including phenoxy) is 2. The summed E-state index contributed by atoms with van der Waals surface area (Å²) in [5.74, 6) is 0.207. The van der Waals surface area contributed by atoms with Gasteiger partial charge in [0.2, 0.25) is 5.91 Å². The Hall–Kier alpha value is -1.83. The average Bonchev–Trinajstić information content (AvgIpc) is 2.62. The Morgan fingerprint density at radius 1 is 1.26 bits per heavy atom. The molecule has 2 aliphatic heterocycles. The van der Waals surface area contributed by atoms with Crippen molar-refractivity contribution >= 4 is 17.9 Å². The normalized spacial score (nSPS) is 21.6. The third kappa shape index (κ3) is 6.37. The molecule has 2 fully saturated rings. The second-order valence-electron chi connectivity index (χ2n) is 7.66. The molecule has 0 aromatic carbocycles. The van der Waals surface area contributed by atoms with Crippen molar-refractivity contribution in [1.29, 1.82) is 0 Å². The molecule has 2 aliphatic rings. The molecule has 1 atom stereocenters. The van der Waals surface area contributed by atoms with Gasteiger partial charge < -0.3 is 24.6 Å². The number of nitrogens with zero attached hydrogens (tertiary/aromatic N) is 2. The smallest absolute Gasteiger partial charge is 0.317 e. The van der Waals surface area contributed by atoms with Crippen molar-refractivity contribution in [1.82, 2.24) is 15.1 Å². The van der Waals surface area contributed by atoms with Crippen LogP contribution in [0.25, 0.3) is 0 Å². The van der Waals surface area contributed by atoms with Crippen molar-refractivity contribution in [3.05, 3.63) is 0 Å². The molecular formula is C19H33N3O5. The van der Waals surface area contributed by atoms with Gasteiger partial charge in [-0.2, -0.15) is 0 Å². The van der Waals surface area contributed by atoms with Gasteiger partial charge in [0.1, 0.15) is 0 Å². The summed E-state index contributed by atoms with van der Waals surface area (Å²) in [6.07, 6.45) is 4.11. The maximum absolute atomic E-state index is 12.3. The third-order valence-electron chi connectivity index (χ3n) is 5.43. The number of likely N-dealkylation sites (tertiary alicyclic amines) is 1. The Morgan fingerprint density at radius 3 is 2.59 bits per heavy atom. The van der Waals surface area contributed by atoms with Crippen LogP contribution in [-0.2, 0) is 19.1 Å². The number of hydrogen-bond donors (Lipinski definition) is 1. The van der Waals surface area contributed by atoms with Crippen LogP contribution in [0.1, 0.15) is 45.4 Å². The first-order chi connectivity index (χ1) is 12.8. The van der Waals surface area contributed by atoms with E-state index in [-0.39, 0.29) is 36.5 Å². The van der Waals surface area contributed by atoms with Gasteiger partial charge in [-0.3, -0.25) is 9.59 Å². The second kappa shape index (κ2) is 9.92. The van der Waals surface area contributed by atoms with Crippen LogP contribution in [0.15, 0.2) is 0 Å². The maximum Gasteiger partial charge on any atom is 0.317 e. The third-order valence-corrected chi connectivity index (χ3v) is 5.43. The Bertz CT molecular complexity index is 529. The fourth-order valence-corrected chi connectivity index (χ4v) is 3.82. The monoisotopic (exact) mass is 383 g/mol. The van der Waals surface area contributed by atoms with Crippen LogP contribution in [0.2, 0.25) is 0 Å². The summed E-state index contributed by atoms with van der Waals surface area (Å²) in [4.78, 5) is 39.0. The minimum absolute atomic E-state index is 0.149. The van der Waals surface area contributed by atoms with E-state index >= 15 is 0 Å². The van der Waals surface area contributed by atoms with E-state index in [1.807, 2.05) is 0 Å². The van der Waals surface area contributed by atoms with Crippen LogP contribution in [0.4, 0.5) is 4.79 Å². The van der Waals surface area contributed by atoms with Crippen LogP contribution < -0.4 is 5.32 Å². The molecule has 0 aromatic rings. The van der Waals surface area contributed by atoms with Crippen molar-refractivity contribution in [2.24, 2.45) is 5.92 Å². The van der Waals surface area contributed by atoms with Crippen molar-refractivity contribution in [3.63, 3.8) is 0 Å². The fraction of sp³-hybridized carbons (Fsp3) is 0.842. The Labute approximate surface area is 161 Å². The SMILES string of the molecule is CCOC(=O)CCNC(=O)N1CCC2(CC1)CC(CC(=O)N(C)C)CCO2. The standard InChI is InChI=1S/C19H33N3O5/c1-4-26-17(24)5-9-20-18(25)22-10-7-19(8-11-22)14-15(6-12-27-19)13-16(23)21(2)3/h15H,4-14H2,1-3H3,(H,20,25). The van der Waals surface area contributed by atoms with Gasteiger partial charge in [0.05, 0.1) is 18.6 Å². The molecule has 8 heteroatoms. The molecule has 0 radical (unpaired) electrons. The molecule has 2 saturated heterocycles. The van der Waals surface area contributed by atoms with Crippen LogP contribution in [-0.4, -0.2) is 80.3 Å². The van der Waals surface area contributed by atoms with Crippen LogP contribution >= 0.6 is 0 Å². The van der Waals surface area contributed by atoms with Crippen LogP contribution in [0.3, 0.4) is 0 Å². The number of amides is 3. The van der Waals surface area contributed by atoms with Gasteiger partial charge in [-0.25, -0.2) is 4.79 Å². The molecule has 27 heavy (non-hydrogen) atoms. The number of carbonyl (C=O) groups is 3. The van der Waals surface area contributed by atoms with E-state index in [9.17, 15) is 14.4 Å². The summed E-state index contributed by atoms with van der Waals surface area (Å²) >= 11 is 0. The van der Waals surface area contributed by atoms with Crippen molar-refractivity contribution in [2.75, 3.05) is 46.9 Å². The zero-order chi connectivity index (χ0) is 19.9. The Morgan fingerprint density at radius 2 is 1.96 bits per heavy atom. The molecule has 3 amide bonds. The number of urea groups is 1. The quantitative estimate of drug-likeness (QED) is 0.700. The lowest BCUT2D eigenvalue weighted by Crippen LogP contribution is -2.53. The van der Waals surface area contributed by atoms with Gasteiger partial charge >= 0.3 is 12.0 Å². The summed E-state index contributed by atoms with van der Waals surface area (Å²) in [6.45, 7) is 4.32. The van der Waals surface area contributed by atoms with E-state index in [0.717, 1.165) is 25.7 Å². The number of nitrogens with one attached hydrogen (secondary N) is 1. The van der Waals surface area contributed by atoms with Crippen molar-refractivity contribution in [3.8, 4) is 0 Å². The maximum atomic E-state index is 12.3. The highest BCUT2D eigenvalue weighted by molar-refractivity contribution is 5.76. The molecule has 1 unspecified atom stereocenters. The van der Waals surface area contributed by atoms with E-state index in [2.05, 4.69) is 5.32 Å². The second-order valence-corrected chi connectivity index (χ2v) is 7.66. The van der Waals surface area contributed by atoms with Gasteiger partial charge in [-0.1, -0.05) is 0 Å². The van der Waals surface area contributed by atoms with Crippen molar-refractivity contribution < 1.29 is 23.9 Å². The first kappa shape index (κ1) is 21.5. The van der Waals surface area contributed by atoms with Crippen LogP contribution in [0.5, 0.6) is 0 Å². The number of piperidine rings is 1. The van der Waals surface area contributed by atoms with Crippen molar-refractivity contribution in [2.45, 2.75) is 51.0 Å². The zero-order valence-corrected chi connectivity index (χ0v) is 16.8. The van der Waals surface area contributed by atoms with E-state index < -0.39 is 0 Å². The van der Waals surface area contributed by atoms with E-state index in [0.29, 0.717) is 38.6 Å². The predicted octanol–water partition coefficient (Wildman–Crippen LogP) is 1.39. The number of hydrogen-bond acceptors (Lipinski definition) is 5. The average molecular weight is 383 g/mol. The minimum Gasteiger partial charge on any atom is -0.466 e. The van der Waals surface area contributed by atoms with E-state index in [1.165, 1.54) is 0 Å². The Kier molecular flexibility index (Phi) is 7.89. The highest BCUT2D eigenvalue weighted by Crippen LogP contribution is 2.38. The number of rotatable bonds is 6. The molecule has 0 aromatic heterocycles. The molecule has 1 N–H and O–H groups in total. The summed E-state index contributed by atoms with van der Waals surface area (Å²) in [7, 11) is 3.58. The summed E-state index contributed by atoms with van der Waals surface area (Å²) in [6, 6.07) is -0.149. The fourth-order valence-electron chi connectivity index (χ4n) is 3.82. The summed E-state index contributed by atoms with van der Waals surface area (Å²) < 4.78 is 11.0. The van der Waals surface area contributed by atoms with Gasteiger partial charge in [0.25, 0.3) is 0 Å².